The Kier molecular flexibility index (Phi) is 12.8. The molecule has 72 heavy (non-hydrogen) atoms. The topological polar surface area (TPSA) is 155 Å². The van der Waals surface area contributed by atoms with Crippen LogP contribution in [0, 0.1) is 18.7 Å². The smallest absolute Gasteiger partial charge is 0.330 e. The minimum atomic E-state index is -0.686. The molecule has 4 fully saturated rings. The lowest BCUT2D eigenvalue weighted by Gasteiger charge is -2.39. The van der Waals surface area contributed by atoms with E-state index < -0.39 is 11.9 Å². The summed E-state index contributed by atoms with van der Waals surface area (Å²) in [5.41, 5.74) is 8.57. The molecule has 0 bridgehead atoms. The maximum Gasteiger partial charge on any atom is 0.330 e. The lowest BCUT2D eigenvalue weighted by atomic mass is 9.92. The molecule has 1 saturated carbocycles. The van der Waals surface area contributed by atoms with Gasteiger partial charge in [-0.05, 0) is 117 Å². The Morgan fingerprint density at radius 2 is 1.64 bits per heavy atom. The average Bonchev–Trinajstić information content (AvgIpc) is 4.10. The number of hydrogen-bond acceptors (Lipinski definition) is 10. The van der Waals surface area contributed by atoms with Crippen molar-refractivity contribution in [3.05, 3.63) is 128 Å². The van der Waals surface area contributed by atoms with Crippen LogP contribution in [0.2, 0.25) is 0 Å². The number of imide groups is 1. The van der Waals surface area contributed by atoms with E-state index in [0.29, 0.717) is 49.5 Å². The summed E-state index contributed by atoms with van der Waals surface area (Å²) in [7, 11) is 3.80. The summed E-state index contributed by atoms with van der Waals surface area (Å²) in [5.74, 6) is -0.681. The van der Waals surface area contributed by atoms with Crippen molar-refractivity contribution >= 4 is 51.0 Å². The van der Waals surface area contributed by atoms with E-state index in [-0.39, 0.29) is 47.4 Å². The number of nitrogens with zero attached hydrogens (tertiary/aromatic N) is 9. The molecule has 0 unspecified atom stereocenters. The molecule has 8 heterocycles. The molecular weight excluding hydrogens is 914 g/mol. The molecule has 3 amide bonds. The maximum atomic E-state index is 16.1. The van der Waals surface area contributed by atoms with Crippen molar-refractivity contribution in [3.8, 4) is 5.69 Å². The van der Waals surface area contributed by atoms with Gasteiger partial charge in [-0.25, -0.2) is 14.2 Å². The maximum absolute atomic E-state index is 16.1. The first-order valence-corrected chi connectivity index (χ1v) is 25.7. The highest BCUT2D eigenvalue weighted by atomic mass is 19.1. The molecule has 2 aromatic carbocycles. The number of imidazole rings is 1. The van der Waals surface area contributed by atoms with Gasteiger partial charge in [0, 0.05) is 144 Å². The Morgan fingerprint density at radius 1 is 0.861 bits per heavy atom. The standard InChI is InChI=1S/C55H64FN11O5/c1-34-27-39(29-43(56)51(34)38-14-20-63(21-15-38)35(2)47-31-42-44(11-17-58-52(42)60(47)4)65-22-16-40(57-3)30-50(65)69)54(71)64-18-12-36(13-19-64)32-61-23-25-62(26-24-61)33-37-5-8-45-48(28-37)66(41-6-7-41)55(72)67(45)46-9-10-49(68)59-53(46)70/h5,8,11,14,16-17,22,27-31,35-36,41,46,57H,6-7,9-10,12-13,15,18-21,23-26,32-33H2,1-4H3,(H,59,68,70)/t35-,46-/m0/s1. The van der Waals surface area contributed by atoms with Crippen molar-refractivity contribution in [3.63, 3.8) is 0 Å². The van der Waals surface area contributed by atoms with E-state index in [4.69, 9.17) is 0 Å². The van der Waals surface area contributed by atoms with Crippen LogP contribution in [-0.2, 0) is 23.2 Å². The number of rotatable bonds is 12. The fraction of sp³-hybridized carbons (Fsp3) is 0.455. The van der Waals surface area contributed by atoms with Crippen molar-refractivity contribution < 1.29 is 18.8 Å². The fourth-order valence-electron chi connectivity index (χ4n) is 12.0. The Labute approximate surface area is 417 Å². The molecule has 376 valence electrons. The lowest BCUT2D eigenvalue weighted by Crippen LogP contribution is -2.48. The second-order valence-electron chi connectivity index (χ2n) is 20.7. The number of pyridine rings is 2. The summed E-state index contributed by atoms with van der Waals surface area (Å²) in [6.45, 7) is 12.3. The van der Waals surface area contributed by atoms with Crippen LogP contribution in [0.25, 0.3) is 33.3 Å². The van der Waals surface area contributed by atoms with Gasteiger partial charge >= 0.3 is 5.69 Å². The fourth-order valence-corrected chi connectivity index (χ4v) is 12.0. The molecule has 2 atom stereocenters. The third-order valence-corrected chi connectivity index (χ3v) is 16.2. The van der Waals surface area contributed by atoms with Crippen LogP contribution < -0.4 is 21.9 Å². The number of nitrogens with one attached hydrogen (secondary N) is 2. The van der Waals surface area contributed by atoms with Gasteiger partial charge in [-0.3, -0.25) is 48.0 Å². The zero-order valence-corrected chi connectivity index (χ0v) is 41.7. The quantitative estimate of drug-likeness (QED) is 0.136. The number of hydrogen-bond donors (Lipinski definition) is 2. The highest BCUT2D eigenvalue weighted by Crippen LogP contribution is 2.38. The van der Waals surface area contributed by atoms with E-state index in [0.717, 1.165) is 127 Å². The number of carbonyl (C=O) groups excluding carboxylic acids is 3. The third kappa shape index (κ3) is 8.99. The minimum absolute atomic E-state index is 0.0320. The summed E-state index contributed by atoms with van der Waals surface area (Å²) < 4.78 is 23.3. The van der Waals surface area contributed by atoms with Gasteiger partial charge in [0.1, 0.15) is 17.5 Å². The first kappa shape index (κ1) is 47.6. The van der Waals surface area contributed by atoms with E-state index >= 15 is 4.39 Å². The van der Waals surface area contributed by atoms with Gasteiger partial charge in [-0.2, -0.15) is 0 Å². The van der Waals surface area contributed by atoms with Crippen LogP contribution in [0.1, 0.15) is 103 Å². The third-order valence-electron chi connectivity index (χ3n) is 16.2. The molecular formula is C55H64FN11O5. The number of carbonyl (C=O) groups is 3. The predicted octanol–water partition coefficient (Wildman–Crippen LogP) is 6.16. The van der Waals surface area contributed by atoms with Crippen LogP contribution in [0.5, 0.6) is 0 Å². The Hall–Kier alpha value is -6.69. The van der Waals surface area contributed by atoms with Crippen molar-refractivity contribution in [1.82, 2.24) is 48.2 Å². The molecule has 3 saturated heterocycles. The molecule has 6 aromatic rings. The van der Waals surface area contributed by atoms with E-state index in [1.54, 1.807) is 34.6 Å². The number of anilines is 1. The number of piperidine rings is 2. The summed E-state index contributed by atoms with van der Waals surface area (Å²) in [4.78, 5) is 79.2. The Bertz CT molecular complexity index is 3250. The summed E-state index contributed by atoms with van der Waals surface area (Å²) in [6.07, 6.45) is 10.6. The monoisotopic (exact) mass is 978 g/mol. The van der Waals surface area contributed by atoms with E-state index in [2.05, 4.69) is 66.1 Å². The lowest BCUT2D eigenvalue weighted by molar-refractivity contribution is -0.135. The van der Waals surface area contributed by atoms with Gasteiger partial charge in [0.2, 0.25) is 11.8 Å². The molecule has 16 nitrogen and oxygen atoms in total. The molecule has 0 spiro atoms. The number of aromatic nitrogens is 5. The van der Waals surface area contributed by atoms with Gasteiger partial charge < -0.3 is 19.7 Å². The van der Waals surface area contributed by atoms with Crippen LogP contribution in [-0.4, -0.2) is 127 Å². The van der Waals surface area contributed by atoms with E-state index in [1.165, 1.54) is 6.07 Å². The van der Waals surface area contributed by atoms with Gasteiger partial charge in [0.15, 0.2) is 0 Å². The van der Waals surface area contributed by atoms with Crippen LogP contribution >= 0.6 is 0 Å². The Morgan fingerprint density at radius 3 is 2.33 bits per heavy atom. The number of halogens is 1. The van der Waals surface area contributed by atoms with Crippen molar-refractivity contribution in [2.24, 2.45) is 13.0 Å². The van der Waals surface area contributed by atoms with Crippen molar-refractivity contribution in [1.29, 1.82) is 0 Å². The van der Waals surface area contributed by atoms with E-state index in [9.17, 15) is 24.0 Å². The minimum Gasteiger partial charge on any atom is -0.388 e. The molecule has 17 heteroatoms. The molecule has 0 radical (unpaired) electrons. The number of amides is 3. The highest BCUT2D eigenvalue weighted by Gasteiger charge is 2.36. The zero-order valence-electron chi connectivity index (χ0n) is 41.7. The summed E-state index contributed by atoms with van der Waals surface area (Å²) >= 11 is 0. The van der Waals surface area contributed by atoms with Gasteiger partial charge in [0.05, 0.1) is 16.7 Å². The second kappa shape index (κ2) is 19.4. The van der Waals surface area contributed by atoms with E-state index in [1.807, 2.05) is 47.7 Å². The summed E-state index contributed by atoms with van der Waals surface area (Å²) in [6, 6.07) is 16.4. The molecule has 4 aromatic heterocycles. The zero-order chi connectivity index (χ0) is 49.9. The second-order valence-corrected chi connectivity index (χ2v) is 20.7. The normalized spacial score (nSPS) is 20.3. The highest BCUT2D eigenvalue weighted by molar-refractivity contribution is 6.00. The van der Waals surface area contributed by atoms with Gasteiger partial charge in [0.25, 0.3) is 11.5 Å². The average molecular weight is 978 g/mol. The number of aryl methyl sites for hydroxylation is 2. The molecule has 5 aliphatic rings. The van der Waals surface area contributed by atoms with Crippen molar-refractivity contribution in [2.75, 3.05) is 71.3 Å². The number of fused-ring (bicyclic) bond motifs is 2. The molecule has 4 aliphatic heterocycles. The van der Waals surface area contributed by atoms with Gasteiger partial charge in [-0.1, -0.05) is 12.1 Å². The van der Waals surface area contributed by atoms with Crippen LogP contribution in [0.3, 0.4) is 0 Å². The SMILES string of the molecule is CNc1ccn(-c2ccnc3c2cc([C@H](C)N2CC=C(c4c(C)cc(C(=O)N5CCC(CN6CCN(Cc7ccc8c(c7)n(C7CC7)c(=O)n8[C@H]7CCC(=O)NC7=O)CC6)CC5)cc4F)CC2)n3C)c(=O)c1. The van der Waals surface area contributed by atoms with Crippen LogP contribution in [0.15, 0.2) is 82.7 Å². The number of benzene rings is 2. The Balaban J connectivity index is 0.670. The van der Waals surface area contributed by atoms with Crippen molar-refractivity contribution in [2.45, 2.75) is 83.5 Å². The van der Waals surface area contributed by atoms with Gasteiger partial charge in [-0.15, -0.1) is 0 Å². The molecule has 1 aliphatic carbocycles. The first-order valence-electron chi connectivity index (χ1n) is 25.7. The molecule has 2 N–H and O–H groups in total. The van der Waals surface area contributed by atoms with Crippen LogP contribution in [0.4, 0.5) is 10.1 Å². The number of piperazine rings is 1. The predicted molar refractivity (Wildman–Crippen MR) is 276 cm³/mol. The molecule has 11 rings (SSSR count). The largest absolute Gasteiger partial charge is 0.388 e. The summed E-state index contributed by atoms with van der Waals surface area (Å²) in [5, 5.41) is 6.33. The first-order chi connectivity index (χ1) is 34.8. The number of likely N-dealkylation sites (tertiary alicyclic amines) is 1.